The highest BCUT2D eigenvalue weighted by Crippen LogP contribution is 2.45. The van der Waals surface area contributed by atoms with Gasteiger partial charge in [-0.3, -0.25) is 9.17 Å². The average Bonchev–Trinajstić information content (AvgIpc) is 3.45. The van der Waals surface area contributed by atoms with Crippen molar-refractivity contribution >= 4 is 11.5 Å². The van der Waals surface area contributed by atoms with E-state index in [4.69, 9.17) is 14.2 Å². The van der Waals surface area contributed by atoms with Gasteiger partial charge in [-0.05, 0) is 86.3 Å². The molecule has 6 nitrogen and oxygen atoms in total. The number of aryl methyl sites for hydroxylation is 2. The monoisotopic (exact) mass is 517 g/mol. The van der Waals surface area contributed by atoms with Gasteiger partial charge in [-0.15, -0.1) is 0 Å². The molecule has 2 N–H and O–H groups in total. The smallest absolute Gasteiger partial charge is 0.258 e. The molecule has 0 spiro atoms. The van der Waals surface area contributed by atoms with Crippen LogP contribution in [0, 0.1) is 13.8 Å². The highest BCUT2D eigenvalue weighted by Gasteiger charge is 2.29. The van der Waals surface area contributed by atoms with Gasteiger partial charge in [0.25, 0.3) is 5.56 Å². The number of aromatic amines is 1. The molecule has 4 aromatic rings. The first kappa shape index (κ1) is 25.1. The first-order chi connectivity index (χ1) is 17.7. The first-order valence-corrected chi connectivity index (χ1v) is 13.2. The fourth-order valence-electron chi connectivity index (χ4n) is 4.65. The van der Waals surface area contributed by atoms with Gasteiger partial charge in [0, 0.05) is 23.6 Å². The Bertz CT molecular complexity index is 1440. The summed E-state index contributed by atoms with van der Waals surface area (Å²) in [7, 11) is 0. The Morgan fingerprint density at radius 1 is 1.05 bits per heavy atom. The van der Waals surface area contributed by atoms with Gasteiger partial charge >= 0.3 is 0 Å². The van der Waals surface area contributed by atoms with Crippen molar-refractivity contribution in [1.29, 1.82) is 0 Å². The summed E-state index contributed by atoms with van der Waals surface area (Å²) in [6, 6.07) is 19.6. The molecule has 2 heterocycles. The number of nitrogens with one attached hydrogen (secondary N) is 1. The van der Waals surface area contributed by atoms with Crippen LogP contribution in [0.2, 0.25) is 0 Å². The summed E-state index contributed by atoms with van der Waals surface area (Å²) in [6.45, 7) is 8.62. The third-order valence-corrected chi connectivity index (χ3v) is 7.35. The minimum atomic E-state index is -0.753. The van der Waals surface area contributed by atoms with E-state index >= 15 is 0 Å². The van der Waals surface area contributed by atoms with E-state index in [0.717, 1.165) is 55.5 Å². The van der Waals surface area contributed by atoms with Gasteiger partial charge in [0.15, 0.2) is 6.10 Å². The molecule has 0 bridgehead atoms. The van der Waals surface area contributed by atoms with E-state index in [-0.39, 0.29) is 11.7 Å². The summed E-state index contributed by atoms with van der Waals surface area (Å²) in [4.78, 5) is 12.3. The SMILES string of the molecule is Cc1cc(OCCC(C)(C)O)cc(C)c1-c1cccc2c1OCC2Oc1ccc(-c2cc(=O)[nH]s2)cc1. The molecule has 0 saturated carbocycles. The van der Waals surface area contributed by atoms with Crippen molar-refractivity contribution in [3.05, 3.63) is 87.7 Å². The van der Waals surface area contributed by atoms with Crippen LogP contribution < -0.4 is 19.8 Å². The van der Waals surface area contributed by atoms with Crippen molar-refractivity contribution in [3.63, 3.8) is 0 Å². The third-order valence-electron chi connectivity index (χ3n) is 6.47. The number of fused-ring (bicyclic) bond motifs is 1. The quantitative estimate of drug-likeness (QED) is 0.281. The Labute approximate surface area is 220 Å². The molecule has 1 atom stereocenters. The first-order valence-electron chi connectivity index (χ1n) is 12.4. The van der Waals surface area contributed by atoms with Crippen molar-refractivity contribution in [3.8, 4) is 38.8 Å². The van der Waals surface area contributed by atoms with E-state index < -0.39 is 5.60 Å². The number of para-hydroxylation sites is 1. The van der Waals surface area contributed by atoms with Crippen LogP contribution in [-0.2, 0) is 0 Å². The number of aliphatic hydroxyl groups is 1. The van der Waals surface area contributed by atoms with Crippen molar-refractivity contribution < 1.29 is 19.3 Å². The number of rotatable bonds is 8. The predicted octanol–water partition coefficient (Wildman–Crippen LogP) is 6.44. The molecule has 0 radical (unpaired) electrons. The van der Waals surface area contributed by atoms with Gasteiger partial charge < -0.3 is 19.3 Å². The maximum absolute atomic E-state index is 11.4. The largest absolute Gasteiger partial charge is 0.493 e. The van der Waals surface area contributed by atoms with Crippen LogP contribution in [0.25, 0.3) is 21.6 Å². The Kier molecular flexibility index (Phi) is 6.84. The zero-order chi connectivity index (χ0) is 26.2. The molecular weight excluding hydrogens is 486 g/mol. The highest BCUT2D eigenvalue weighted by atomic mass is 32.1. The second kappa shape index (κ2) is 10.1. The van der Waals surface area contributed by atoms with Crippen LogP contribution in [0.15, 0.2) is 65.5 Å². The summed E-state index contributed by atoms with van der Waals surface area (Å²) in [5.41, 5.74) is 5.52. The Morgan fingerprint density at radius 2 is 1.78 bits per heavy atom. The molecule has 37 heavy (non-hydrogen) atoms. The molecule has 3 aromatic carbocycles. The summed E-state index contributed by atoms with van der Waals surface area (Å²) in [5.74, 6) is 2.40. The zero-order valence-corrected chi connectivity index (χ0v) is 22.3. The predicted molar refractivity (Wildman–Crippen MR) is 147 cm³/mol. The average molecular weight is 518 g/mol. The van der Waals surface area contributed by atoms with Crippen molar-refractivity contribution in [1.82, 2.24) is 4.37 Å². The molecule has 1 aliphatic rings. The lowest BCUT2D eigenvalue weighted by molar-refractivity contribution is 0.0553. The minimum absolute atomic E-state index is 0.0887. The van der Waals surface area contributed by atoms with E-state index in [1.807, 2.05) is 42.5 Å². The molecule has 1 aliphatic heterocycles. The lowest BCUT2D eigenvalue weighted by Crippen LogP contribution is -2.21. The number of ether oxygens (including phenoxy) is 3. The maximum Gasteiger partial charge on any atom is 0.258 e. The van der Waals surface area contributed by atoms with Crippen LogP contribution in [0.5, 0.6) is 17.2 Å². The summed E-state index contributed by atoms with van der Waals surface area (Å²) >= 11 is 1.32. The molecule has 5 rings (SSSR count). The molecular formula is C30H31NO5S. The van der Waals surface area contributed by atoms with E-state index in [0.29, 0.717) is 19.6 Å². The van der Waals surface area contributed by atoms with Gasteiger partial charge in [0.1, 0.15) is 23.9 Å². The second-order valence-corrected chi connectivity index (χ2v) is 10.9. The van der Waals surface area contributed by atoms with Crippen LogP contribution in [0.4, 0.5) is 0 Å². The van der Waals surface area contributed by atoms with Gasteiger partial charge in [-0.25, -0.2) is 0 Å². The van der Waals surface area contributed by atoms with Gasteiger partial charge in [-0.1, -0.05) is 29.7 Å². The Balaban J connectivity index is 1.35. The molecule has 192 valence electrons. The van der Waals surface area contributed by atoms with E-state index in [2.05, 4.69) is 30.4 Å². The van der Waals surface area contributed by atoms with Gasteiger partial charge in [0.05, 0.1) is 17.1 Å². The lowest BCUT2D eigenvalue weighted by atomic mass is 9.93. The van der Waals surface area contributed by atoms with E-state index in [1.54, 1.807) is 19.9 Å². The van der Waals surface area contributed by atoms with Gasteiger partial charge in [0.2, 0.25) is 0 Å². The minimum Gasteiger partial charge on any atom is -0.493 e. The van der Waals surface area contributed by atoms with Crippen LogP contribution in [0.1, 0.15) is 43.1 Å². The fourth-order valence-corrected chi connectivity index (χ4v) is 5.34. The van der Waals surface area contributed by atoms with Crippen LogP contribution in [-0.4, -0.2) is 28.3 Å². The summed E-state index contributed by atoms with van der Waals surface area (Å²) < 4.78 is 21.1. The topological polar surface area (TPSA) is 80.8 Å². The highest BCUT2D eigenvalue weighted by molar-refractivity contribution is 7.09. The van der Waals surface area contributed by atoms with Gasteiger partial charge in [-0.2, -0.15) is 0 Å². The molecule has 1 aromatic heterocycles. The second-order valence-electron chi connectivity index (χ2n) is 10.1. The molecule has 0 fully saturated rings. The van der Waals surface area contributed by atoms with Crippen molar-refractivity contribution in [2.75, 3.05) is 13.2 Å². The Hall–Kier alpha value is -3.55. The van der Waals surface area contributed by atoms with E-state index in [9.17, 15) is 9.90 Å². The summed E-state index contributed by atoms with van der Waals surface area (Å²) in [5, 5.41) is 9.95. The normalized spacial score (nSPS) is 14.8. The van der Waals surface area contributed by atoms with Crippen molar-refractivity contribution in [2.24, 2.45) is 0 Å². The standard InChI is InChI=1S/C30H31NO5S/c1-18-14-22(34-13-12-30(3,4)33)15-19(2)28(18)24-7-5-6-23-25(17-35-29(23)24)36-21-10-8-20(9-11-21)26-16-27(32)31-37-26/h5-11,14-16,25,33H,12-13,17H2,1-4H3,(H,31,32). The number of hydrogen-bond acceptors (Lipinski definition) is 6. The number of hydrogen-bond donors (Lipinski definition) is 2. The van der Waals surface area contributed by atoms with Crippen molar-refractivity contribution in [2.45, 2.75) is 45.8 Å². The molecule has 0 amide bonds. The molecule has 0 aliphatic carbocycles. The summed E-state index contributed by atoms with van der Waals surface area (Å²) in [6.07, 6.45) is 0.346. The zero-order valence-electron chi connectivity index (χ0n) is 21.5. The third kappa shape index (κ3) is 5.58. The molecule has 0 saturated heterocycles. The Morgan fingerprint density at radius 3 is 2.43 bits per heavy atom. The van der Waals surface area contributed by atoms with E-state index in [1.165, 1.54) is 11.5 Å². The fraction of sp³-hybridized carbons (Fsp3) is 0.300. The lowest BCUT2D eigenvalue weighted by Gasteiger charge is -2.19. The number of aromatic nitrogens is 1. The molecule has 7 heteroatoms. The van der Waals surface area contributed by atoms with Crippen LogP contribution in [0.3, 0.4) is 0 Å². The van der Waals surface area contributed by atoms with Crippen LogP contribution >= 0.6 is 11.5 Å². The maximum atomic E-state index is 11.4. The molecule has 1 unspecified atom stereocenters. The number of H-pyrrole nitrogens is 1. The number of benzene rings is 3.